The molecule has 5 nitrogen and oxygen atoms in total. The fraction of sp³-hybridized carbons (Fsp3) is 0.923. The van der Waals surface area contributed by atoms with Crippen LogP contribution in [0.4, 0.5) is 0 Å². The number of rotatable bonds is 3. The lowest BCUT2D eigenvalue weighted by Gasteiger charge is -2.35. The van der Waals surface area contributed by atoms with Crippen LogP contribution in [-0.2, 0) is 14.6 Å². The first-order valence-corrected chi connectivity index (χ1v) is 9.06. The first-order valence-electron chi connectivity index (χ1n) is 7.10. The topological polar surface area (TPSA) is 66.5 Å². The summed E-state index contributed by atoms with van der Waals surface area (Å²) in [5, 5.41) is 2.61. The molecule has 2 aliphatic rings. The summed E-state index contributed by atoms with van der Waals surface area (Å²) >= 11 is 0. The van der Waals surface area contributed by atoms with E-state index in [1.54, 1.807) is 4.90 Å². The summed E-state index contributed by atoms with van der Waals surface area (Å²) in [5.41, 5.74) is 0. The van der Waals surface area contributed by atoms with Crippen LogP contribution in [-0.4, -0.2) is 56.4 Å². The third-order valence-electron chi connectivity index (χ3n) is 4.51. The molecule has 2 aliphatic heterocycles. The standard InChI is InChI=1S/C13H24N2O3S.ClH/c1-10(19(2,17)18)13(16)15-8-5-11(6-9-15)12-4-3-7-14-12;/h10-12,14H,3-9H2,1-2H3;1H. The fourth-order valence-electron chi connectivity index (χ4n) is 3.08. The molecule has 118 valence electrons. The number of sulfone groups is 1. The smallest absolute Gasteiger partial charge is 0.240 e. The minimum atomic E-state index is -3.28. The lowest BCUT2D eigenvalue weighted by molar-refractivity contribution is -0.131. The molecule has 0 spiro atoms. The molecule has 0 aromatic rings. The number of halogens is 1. The van der Waals surface area contributed by atoms with Crippen molar-refractivity contribution >= 4 is 28.2 Å². The van der Waals surface area contributed by atoms with E-state index in [0.29, 0.717) is 25.0 Å². The van der Waals surface area contributed by atoms with Crippen molar-refractivity contribution in [3.8, 4) is 0 Å². The summed E-state index contributed by atoms with van der Waals surface area (Å²) in [6.07, 6.45) is 5.58. The minimum absolute atomic E-state index is 0. The number of hydrogen-bond acceptors (Lipinski definition) is 4. The Hall–Kier alpha value is -0.330. The van der Waals surface area contributed by atoms with Crippen molar-refractivity contribution in [2.24, 2.45) is 5.92 Å². The molecule has 20 heavy (non-hydrogen) atoms. The van der Waals surface area contributed by atoms with Gasteiger partial charge in [0.25, 0.3) is 0 Å². The van der Waals surface area contributed by atoms with Gasteiger partial charge >= 0.3 is 0 Å². The van der Waals surface area contributed by atoms with Gasteiger partial charge in [0.15, 0.2) is 9.84 Å². The molecule has 2 atom stereocenters. The van der Waals surface area contributed by atoms with E-state index in [-0.39, 0.29) is 18.3 Å². The van der Waals surface area contributed by atoms with E-state index in [1.165, 1.54) is 19.8 Å². The predicted octanol–water partition coefficient (Wildman–Crippen LogP) is 0.832. The van der Waals surface area contributed by atoms with E-state index in [1.807, 2.05) is 0 Å². The van der Waals surface area contributed by atoms with Crippen molar-refractivity contribution in [1.29, 1.82) is 0 Å². The van der Waals surface area contributed by atoms with Gasteiger partial charge in [-0.15, -0.1) is 12.4 Å². The Bertz CT molecular complexity index is 427. The Morgan fingerprint density at radius 3 is 2.30 bits per heavy atom. The summed E-state index contributed by atoms with van der Waals surface area (Å²) in [4.78, 5) is 13.8. The second-order valence-corrected chi connectivity index (χ2v) is 8.20. The molecular weight excluding hydrogens is 300 g/mol. The van der Waals surface area contributed by atoms with Gasteiger partial charge in [0.05, 0.1) is 0 Å². The van der Waals surface area contributed by atoms with Crippen LogP contribution < -0.4 is 5.32 Å². The number of carbonyl (C=O) groups is 1. The summed E-state index contributed by atoms with van der Waals surface area (Å²) < 4.78 is 22.9. The molecule has 2 heterocycles. The maximum Gasteiger partial charge on any atom is 0.240 e. The molecule has 0 aromatic carbocycles. The third kappa shape index (κ3) is 4.09. The van der Waals surface area contributed by atoms with Crippen molar-refractivity contribution in [1.82, 2.24) is 10.2 Å². The van der Waals surface area contributed by atoms with E-state index in [9.17, 15) is 13.2 Å². The first kappa shape index (κ1) is 17.7. The maximum atomic E-state index is 12.1. The van der Waals surface area contributed by atoms with Crippen molar-refractivity contribution in [2.45, 2.75) is 43.9 Å². The second kappa shape index (κ2) is 7.09. The van der Waals surface area contributed by atoms with Crippen LogP contribution in [0.15, 0.2) is 0 Å². The van der Waals surface area contributed by atoms with Crippen LogP contribution >= 0.6 is 12.4 Å². The highest BCUT2D eigenvalue weighted by Gasteiger charge is 2.33. The third-order valence-corrected chi connectivity index (χ3v) is 5.99. The van der Waals surface area contributed by atoms with Gasteiger partial charge in [-0.3, -0.25) is 4.79 Å². The number of carbonyl (C=O) groups excluding carboxylic acids is 1. The number of amides is 1. The van der Waals surface area contributed by atoms with E-state index in [2.05, 4.69) is 5.32 Å². The molecule has 1 N–H and O–H groups in total. The van der Waals surface area contributed by atoms with Gasteiger partial charge in [-0.05, 0) is 45.1 Å². The second-order valence-electron chi connectivity index (χ2n) is 5.84. The van der Waals surface area contributed by atoms with Crippen LogP contribution in [0.25, 0.3) is 0 Å². The zero-order chi connectivity index (χ0) is 14.0. The highest BCUT2D eigenvalue weighted by molar-refractivity contribution is 7.92. The molecular formula is C13H25ClN2O3S. The zero-order valence-corrected chi connectivity index (χ0v) is 13.8. The van der Waals surface area contributed by atoms with E-state index in [4.69, 9.17) is 0 Å². The molecule has 0 aliphatic carbocycles. The van der Waals surface area contributed by atoms with Gasteiger partial charge in [-0.25, -0.2) is 8.42 Å². The van der Waals surface area contributed by atoms with Crippen molar-refractivity contribution in [3.05, 3.63) is 0 Å². The Morgan fingerprint density at radius 2 is 1.85 bits per heavy atom. The predicted molar refractivity (Wildman–Crippen MR) is 81.9 cm³/mol. The average molecular weight is 325 g/mol. The number of hydrogen-bond donors (Lipinski definition) is 1. The summed E-state index contributed by atoms with van der Waals surface area (Å²) in [7, 11) is -3.28. The number of nitrogens with one attached hydrogen (secondary N) is 1. The van der Waals surface area contributed by atoms with Crippen molar-refractivity contribution < 1.29 is 13.2 Å². The molecule has 2 rings (SSSR count). The molecule has 7 heteroatoms. The molecule has 0 radical (unpaired) electrons. The van der Waals surface area contributed by atoms with Gasteiger partial charge in [-0.2, -0.15) is 0 Å². The van der Waals surface area contributed by atoms with E-state index < -0.39 is 15.1 Å². The van der Waals surface area contributed by atoms with Crippen molar-refractivity contribution in [3.63, 3.8) is 0 Å². The monoisotopic (exact) mass is 324 g/mol. The Kier molecular flexibility index (Phi) is 6.28. The lowest BCUT2D eigenvalue weighted by atomic mass is 9.88. The van der Waals surface area contributed by atoms with Gasteiger partial charge in [-0.1, -0.05) is 0 Å². The summed E-state index contributed by atoms with van der Waals surface area (Å²) in [5.74, 6) is 0.403. The van der Waals surface area contributed by atoms with Crippen LogP contribution in [0.2, 0.25) is 0 Å². The largest absolute Gasteiger partial charge is 0.342 e. The lowest BCUT2D eigenvalue weighted by Crippen LogP contribution is -2.47. The van der Waals surface area contributed by atoms with Crippen molar-refractivity contribution in [2.75, 3.05) is 25.9 Å². The van der Waals surface area contributed by atoms with Gasteiger partial charge in [0, 0.05) is 25.4 Å². The quantitative estimate of drug-likeness (QED) is 0.835. The normalized spacial score (nSPS) is 26.1. The summed E-state index contributed by atoms with van der Waals surface area (Å²) in [6, 6.07) is 0.601. The molecule has 2 unspecified atom stereocenters. The molecule has 0 saturated carbocycles. The average Bonchev–Trinajstić information content (AvgIpc) is 2.90. The Labute approximate surface area is 127 Å². The summed E-state index contributed by atoms with van der Waals surface area (Å²) in [6.45, 7) is 3.99. The zero-order valence-electron chi connectivity index (χ0n) is 12.2. The molecule has 1 amide bonds. The van der Waals surface area contributed by atoms with Crippen LogP contribution in [0.5, 0.6) is 0 Å². The molecule has 2 fully saturated rings. The van der Waals surface area contributed by atoms with Crippen LogP contribution in [0, 0.1) is 5.92 Å². The maximum absolute atomic E-state index is 12.1. The molecule has 2 saturated heterocycles. The SMILES string of the molecule is CC(C(=O)N1CCC(C2CCCN2)CC1)S(C)(=O)=O.Cl. The minimum Gasteiger partial charge on any atom is -0.342 e. The fourth-order valence-corrected chi connectivity index (χ4v) is 3.59. The highest BCUT2D eigenvalue weighted by atomic mass is 35.5. The molecule has 0 aromatic heterocycles. The number of piperidine rings is 1. The molecule has 0 bridgehead atoms. The van der Waals surface area contributed by atoms with E-state index >= 15 is 0 Å². The van der Waals surface area contributed by atoms with Crippen LogP contribution in [0.1, 0.15) is 32.6 Å². The number of nitrogens with zero attached hydrogens (tertiary/aromatic N) is 1. The first-order chi connectivity index (χ1) is 8.89. The van der Waals surface area contributed by atoms with E-state index in [0.717, 1.165) is 25.6 Å². The highest BCUT2D eigenvalue weighted by Crippen LogP contribution is 2.26. The van der Waals surface area contributed by atoms with Gasteiger partial charge in [0.1, 0.15) is 5.25 Å². The number of likely N-dealkylation sites (tertiary alicyclic amines) is 1. The van der Waals surface area contributed by atoms with Gasteiger partial charge in [0.2, 0.25) is 5.91 Å². The Balaban J connectivity index is 0.00000200. The van der Waals surface area contributed by atoms with Gasteiger partial charge < -0.3 is 10.2 Å². The Morgan fingerprint density at radius 1 is 1.25 bits per heavy atom. The van der Waals surface area contributed by atoms with Crippen LogP contribution in [0.3, 0.4) is 0 Å².